The number of hydrogen-bond donors (Lipinski definition) is 1. The Morgan fingerprint density at radius 3 is 2.89 bits per heavy atom. The lowest BCUT2D eigenvalue weighted by molar-refractivity contribution is 0.572. The number of pyridine rings is 1. The minimum Gasteiger partial charge on any atom is -0.304 e. The molecule has 0 spiro atoms. The predicted molar refractivity (Wildman–Crippen MR) is 79.1 cm³/mol. The molecule has 3 aromatic rings. The van der Waals surface area contributed by atoms with Gasteiger partial charge >= 0.3 is 0 Å². The maximum Gasteiger partial charge on any atom is 0.108 e. The fraction of sp³-hybridized carbons (Fsp3) is 0.200. The number of nitrogens with zero attached hydrogens (tertiary/aromatic N) is 2. The van der Waals surface area contributed by atoms with Crippen LogP contribution in [0.3, 0.4) is 0 Å². The summed E-state index contributed by atoms with van der Waals surface area (Å²) in [6, 6.07) is 12.6. The first-order valence-electron chi connectivity index (χ1n) is 6.31. The summed E-state index contributed by atoms with van der Waals surface area (Å²) < 4.78 is 1.24. The first-order valence-corrected chi connectivity index (χ1v) is 7.12. The smallest absolute Gasteiger partial charge is 0.108 e. The monoisotopic (exact) mass is 269 g/mol. The maximum atomic E-state index is 4.62. The second-order valence-corrected chi connectivity index (χ2v) is 5.58. The van der Waals surface area contributed by atoms with E-state index in [-0.39, 0.29) is 6.04 Å². The van der Waals surface area contributed by atoms with Gasteiger partial charge in [-0.3, -0.25) is 4.98 Å². The van der Waals surface area contributed by atoms with Crippen molar-refractivity contribution in [2.75, 3.05) is 0 Å². The minimum absolute atomic E-state index is 0.278. The SMILES string of the molecule is CC(NCc1nc2ccccc2s1)c1cccnc1. The van der Waals surface area contributed by atoms with Crippen LogP contribution < -0.4 is 5.32 Å². The average molecular weight is 269 g/mol. The Morgan fingerprint density at radius 2 is 2.11 bits per heavy atom. The van der Waals surface area contributed by atoms with Gasteiger partial charge in [0.15, 0.2) is 0 Å². The molecule has 2 aromatic heterocycles. The zero-order valence-corrected chi connectivity index (χ0v) is 11.5. The molecule has 1 unspecified atom stereocenters. The summed E-state index contributed by atoms with van der Waals surface area (Å²) in [5.41, 5.74) is 2.28. The van der Waals surface area contributed by atoms with E-state index in [2.05, 4.69) is 46.5 Å². The van der Waals surface area contributed by atoms with Crippen LogP contribution in [-0.2, 0) is 6.54 Å². The molecule has 0 aliphatic carbocycles. The summed E-state index contributed by atoms with van der Waals surface area (Å²) in [4.78, 5) is 8.76. The molecule has 2 heterocycles. The first-order chi connectivity index (χ1) is 9.33. The fourth-order valence-electron chi connectivity index (χ4n) is 1.99. The lowest BCUT2D eigenvalue weighted by Crippen LogP contribution is -2.17. The van der Waals surface area contributed by atoms with Gasteiger partial charge in [-0.2, -0.15) is 0 Å². The van der Waals surface area contributed by atoms with Crippen molar-refractivity contribution in [2.24, 2.45) is 0 Å². The van der Waals surface area contributed by atoms with E-state index < -0.39 is 0 Å². The van der Waals surface area contributed by atoms with E-state index in [0.717, 1.165) is 17.1 Å². The van der Waals surface area contributed by atoms with Gasteiger partial charge < -0.3 is 5.32 Å². The third-order valence-electron chi connectivity index (χ3n) is 3.08. The largest absolute Gasteiger partial charge is 0.304 e. The zero-order chi connectivity index (χ0) is 13.1. The molecule has 0 bridgehead atoms. The molecule has 0 aliphatic rings. The Morgan fingerprint density at radius 1 is 1.21 bits per heavy atom. The number of benzene rings is 1. The van der Waals surface area contributed by atoms with Gasteiger partial charge in [0.25, 0.3) is 0 Å². The maximum absolute atomic E-state index is 4.62. The molecule has 3 rings (SSSR count). The molecule has 1 N–H and O–H groups in total. The van der Waals surface area contributed by atoms with Crippen LogP contribution in [-0.4, -0.2) is 9.97 Å². The molecule has 4 heteroatoms. The summed E-state index contributed by atoms with van der Waals surface area (Å²) in [5, 5.41) is 4.61. The van der Waals surface area contributed by atoms with Crippen LogP contribution in [0, 0.1) is 0 Å². The highest BCUT2D eigenvalue weighted by molar-refractivity contribution is 7.18. The molecule has 19 heavy (non-hydrogen) atoms. The first kappa shape index (κ1) is 12.3. The standard InChI is InChI=1S/C15H15N3S/c1-11(12-5-4-8-16-9-12)17-10-15-18-13-6-2-3-7-14(13)19-15/h2-9,11,17H,10H2,1H3. The molecule has 0 aliphatic heterocycles. The quantitative estimate of drug-likeness (QED) is 0.787. The second-order valence-electron chi connectivity index (χ2n) is 4.46. The fourth-order valence-corrected chi connectivity index (χ4v) is 2.90. The van der Waals surface area contributed by atoms with Crippen molar-refractivity contribution in [1.82, 2.24) is 15.3 Å². The van der Waals surface area contributed by atoms with E-state index in [9.17, 15) is 0 Å². The summed E-state index contributed by atoms with van der Waals surface area (Å²) in [6.07, 6.45) is 3.69. The van der Waals surface area contributed by atoms with E-state index in [4.69, 9.17) is 0 Å². The molecular formula is C15H15N3S. The van der Waals surface area contributed by atoms with Gasteiger partial charge in [0.05, 0.1) is 10.2 Å². The van der Waals surface area contributed by atoms with E-state index in [1.807, 2.05) is 18.3 Å². The topological polar surface area (TPSA) is 37.8 Å². The van der Waals surface area contributed by atoms with Crippen molar-refractivity contribution >= 4 is 21.6 Å². The Labute approximate surface area is 116 Å². The van der Waals surface area contributed by atoms with Crippen LogP contribution in [0.5, 0.6) is 0 Å². The molecule has 96 valence electrons. The van der Waals surface area contributed by atoms with Crippen LogP contribution in [0.25, 0.3) is 10.2 Å². The van der Waals surface area contributed by atoms with Crippen LogP contribution >= 0.6 is 11.3 Å². The summed E-state index contributed by atoms with van der Waals surface area (Å²) in [6.45, 7) is 2.93. The van der Waals surface area contributed by atoms with Crippen molar-refractivity contribution in [2.45, 2.75) is 19.5 Å². The number of rotatable bonds is 4. The van der Waals surface area contributed by atoms with E-state index >= 15 is 0 Å². The van der Waals surface area contributed by atoms with Crippen molar-refractivity contribution in [3.63, 3.8) is 0 Å². The van der Waals surface area contributed by atoms with Gasteiger partial charge in [-0.05, 0) is 30.7 Å². The van der Waals surface area contributed by atoms with Crippen LogP contribution in [0.1, 0.15) is 23.5 Å². The Balaban J connectivity index is 1.69. The van der Waals surface area contributed by atoms with E-state index in [1.165, 1.54) is 10.3 Å². The second kappa shape index (κ2) is 5.47. The van der Waals surface area contributed by atoms with Crippen molar-refractivity contribution in [3.8, 4) is 0 Å². The molecule has 0 radical (unpaired) electrons. The lowest BCUT2D eigenvalue weighted by Gasteiger charge is -2.12. The lowest BCUT2D eigenvalue weighted by atomic mass is 10.1. The third-order valence-corrected chi connectivity index (χ3v) is 4.12. The highest BCUT2D eigenvalue weighted by Gasteiger charge is 2.07. The summed E-state index contributed by atoms with van der Waals surface area (Å²) in [7, 11) is 0. The van der Waals surface area contributed by atoms with Crippen molar-refractivity contribution < 1.29 is 0 Å². The summed E-state index contributed by atoms with van der Waals surface area (Å²) in [5.74, 6) is 0. The Bertz CT molecular complexity index is 630. The molecule has 0 amide bonds. The Kier molecular flexibility index (Phi) is 3.53. The summed E-state index contributed by atoms with van der Waals surface area (Å²) >= 11 is 1.75. The van der Waals surface area contributed by atoms with Crippen molar-refractivity contribution in [1.29, 1.82) is 0 Å². The number of thiazole rings is 1. The number of fused-ring (bicyclic) bond motifs is 1. The normalized spacial score (nSPS) is 12.7. The van der Waals surface area contributed by atoms with Gasteiger partial charge in [0.2, 0.25) is 0 Å². The molecule has 1 aromatic carbocycles. The van der Waals surface area contributed by atoms with E-state index in [0.29, 0.717) is 0 Å². The molecular weight excluding hydrogens is 254 g/mol. The van der Waals surface area contributed by atoms with E-state index in [1.54, 1.807) is 17.5 Å². The van der Waals surface area contributed by atoms with Gasteiger partial charge in [-0.1, -0.05) is 18.2 Å². The molecule has 3 nitrogen and oxygen atoms in total. The molecule has 0 fully saturated rings. The van der Waals surface area contributed by atoms with Gasteiger partial charge in [-0.15, -0.1) is 11.3 Å². The van der Waals surface area contributed by atoms with Crippen molar-refractivity contribution in [3.05, 3.63) is 59.4 Å². The molecule has 0 saturated carbocycles. The van der Waals surface area contributed by atoms with Gasteiger partial charge in [0, 0.05) is 25.0 Å². The predicted octanol–water partition coefficient (Wildman–Crippen LogP) is 3.54. The number of para-hydroxylation sites is 1. The number of hydrogen-bond acceptors (Lipinski definition) is 4. The molecule has 1 atom stereocenters. The van der Waals surface area contributed by atoms with Gasteiger partial charge in [0.1, 0.15) is 5.01 Å². The van der Waals surface area contributed by atoms with Gasteiger partial charge in [-0.25, -0.2) is 4.98 Å². The van der Waals surface area contributed by atoms with Crippen LogP contribution in [0.15, 0.2) is 48.8 Å². The molecule has 0 saturated heterocycles. The third kappa shape index (κ3) is 2.80. The van der Waals surface area contributed by atoms with Crippen LogP contribution in [0.4, 0.5) is 0 Å². The number of nitrogens with one attached hydrogen (secondary N) is 1. The highest BCUT2D eigenvalue weighted by atomic mass is 32.1. The average Bonchev–Trinajstić information content (AvgIpc) is 2.88. The minimum atomic E-state index is 0.278. The highest BCUT2D eigenvalue weighted by Crippen LogP contribution is 2.22. The Hall–Kier alpha value is -1.78. The number of aromatic nitrogens is 2. The van der Waals surface area contributed by atoms with Crippen LogP contribution in [0.2, 0.25) is 0 Å². The zero-order valence-electron chi connectivity index (χ0n) is 10.7.